The molecule has 0 atom stereocenters. The smallest absolute Gasteiger partial charge is 0.423 e. The molecule has 0 aliphatic heterocycles. The second-order valence-corrected chi connectivity index (χ2v) is 17.3. The highest BCUT2D eigenvalue weighted by atomic mass is 127. The molecule has 70 heavy (non-hydrogen) atoms. The molecule has 0 unspecified atom stereocenters. The van der Waals surface area contributed by atoms with Crippen LogP contribution in [-0.2, 0) is 12.8 Å². The molecule has 0 aliphatic carbocycles. The van der Waals surface area contributed by atoms with E-state index in [1.165, 1.54) is 11.1 Å². The fourth-order valence-corrected chi connectivity index (χ4v) is 9.58. The van der Waals surface area contributed by atoms with Crippen LogP contribution in [-0.4, -0.2) is 6.15 Å². The second-order valence-electron chi connectivity index (χ2n) is 14.6. The van der Waals surface area contributed by atoms with Crippen molar-refractivity contribution >= 4 is 28.0 Å². The van der Waals surface area contributed by atoms with E-state index >= 15 is 35.1 Å². The normalized spacial score (nSPS) is 11.6. The minimum Gasteiger partial charge on any atom is -0.423 e. The molecule has 0 aliphatic rings. The summed E-state index contributed by atoms with van der Waals surface area (Å²) in [6.45, 7) is 0. The van der Waals surface area contributed by atoms with Crippen LogP contribution < -0.4 is 43.1 Å². The van der Waals surface area contributed by atoms with E-state index in [1.807, 2.05) is 12.1 Å². The van der Waals surface area contributed by atoms with Gasteiger partial charge >= 0.3 is 28.7 Å². The maximum Gasteiger partial charge on any atom is 0.442 e. The van der Waals surface area contributed by atoms with Gasteiger partial charge in [0.05, 0.1) is 0 Å². The Balaban J connectivity index is 0.000000242. The standard InChI is InChI=1S/C24BF20.C22H18IO2/c26-5-1(6(27)14(35)21(42)13(5)34)25(2-7(28)15(36)22(43)16(37)8(2)29,3-9(30)17(38)23(44)18(39)10(3)31)4-11(32)19(40)24(45)20(41)12(4)33;1-3-7-17(8-4-1)15-19-11-13-21(24-19)23-22-14-12-20(25-22)16-18-9-5-2-6-10-18/h;1-14H,15-16H2/q-1;+1. The summed E-state index contributed by atoms with van der Waals surface area (Å²) in [6.07, 6.45) is -5.55. The zero-order chi connectivity index (χ0) is 51.3. The van der Waals surface area contributed by atoms with Crippen LogP contribution >= 0.6 is 0 Å². The van der Waals surface area contributed by atoms with E-state index in [-0.39, 0.29) is 0 Å². The van der Waals surface area contributed by atoms with E-state index in [1.54, 1.807) is 0 Å². The van der Waals surface area contributed by atoms with Gasteiger partial charge in [0.25, 0.3) is 0 Å². The van der Waals surface area contributed by atoms with Gasteiger partial charge in [-0.2, -0.15) is 0 Å². The van der Waals surface area contributed by atoms with Crippen molar-refractivity contribution in [2.45, 2.75) is 12.8 Å². The van der Waals surface area contributed by atoms with Gasteiger partial charge in [-0.15, -0.1) is 21.9 Å². The summed E-state index contributed by atoms with van der Waals surface area (Å²) in [5, 5.41) is 0. The molecule has 2 aromatic heterocycles. The SMILES string of the molecule is Fc1c(F)c(F)c([B-](c2c(F)c(F)c(F)c(F)c2F)(c2c(F)c(F)c(F)c(F)c2F)c2c(F)c(F)c(F)c(F)c2F)c(F)c1F.c1ccc(Cc2ccc([I+]c3ccc(Cc4ccccc4)o3)o2)cc1. The van der Waals surface area contributed by atoms with E-state index in [0.717, 1.165) is 31.9 Å². The predicted molar refractivity (Wildman–Crippen MR) is 203 cm³/mol. The first-order chi connectivity index (χ1) is 33.1. The Hall–Kier alpha value is -6.73. The fraction of sp³-hybridized carbons (Fsp3) is 0.0435. The minimum atomic E-state index is -7.22. The third-order valence-corrected chi connectivity index (χ3v) is 12.8. The van der Waals surface area contributed by atoms with Gasteiger partial charge in [-0.3, -0.25) is 0 Å². The minimum absolute atomic E-state index is 0.415. The predicted octanol–water partition coefficient (Wildman–Crippen LogP) is 8.03. The van der Waals surface area contributed by atoms with Gasteiger partial charge in [-0.1, -0.05) is 60.7 Å². The van der Waals surface area contributed by atoms with Gasteiger partial charge in [-0.05, 0) is 23.3 Å². The molecule has 0 radical (unpaired) electrons. The number of benzene rings is 6. The summed E-state index contributed by atoms with van der Waals surface area (Å²) in [7, 11) is 0. The van der Waals surface area contributed by atoms with E-state index in [0.29, 0.717) is 0 Å². The Kier molecular flexibility index (Phi) is 14.6. The molecular weight excluding hydrogens is 1100 g/mol. The van der Waals surface area contributed by atoms with Crippen molar-refractivity contribution in [1.29, 1.82) is 0 Å². The van der Waals surface area contributed by atoms with Gasteiger partial charge in [-0.25, -0.2) is 87.8 Å². The maximum absolute atomic E-state index is 15.4. The Morgan fingerprint density at radius 1 is 0.271 bits per heavy atom. The summed E-state index contributed by atoms with van der Waals surface area (Å²) >= 11 is -0.415. The van der Waals surface area contributed by atoms with Crippen LogP contribution in [0.1, 0.15) is 22.6 Å². The van der Waals surface area contributed by atoms with Crippen molar-refractivity contribution in [1.82, 2.24) is 0 Å². The average molecular weight is 1120 g/mol. The summed E-state index contributed by atoms with van der Waals surface area (Å²) in [5.74, 6) is -69.4. The van der Waals surface area contributed by atoms with E-state index < -0.39 is 166 Å². The molecule has 0 bridgehead atoms. The molecule has 6 aromatic carbocycles. The third-order valence-electron chi connectivity index (χ3n) is 10.6. The number of hydrogen-bond donors (Lipinski definition) is 0. The van der Waals surface area contributed by atoms with Gasteiger partial charge in [0.1, 0.15) is 64.2 Å². The molecular formula is C46H18BF20IO2. The molecule has 364 valence electrons. The van der Waals surface area contributed by atoms with Crippen LogP contribution in [0.3, 0.4) is 0 Å². The van der Waals surface area contributed by atoms with Crippen molar-refractivity contribution in [3.63, 3.8) is 0 Å². The number of halogens is 21. The Morgan fingerprint density at radius 3 is 0.714 bits per heavy atom. The Bertz CT molecular complexity index is 2850. The summed E-state index contributed by atoms with van der Waals surface area (Å²) in [5.41, 5.74) is -11.8. The van der Waals surface area contributed by atoms with Crippen molar-refractivity contribution < 1.29 is 118 Å². The van der Waals surface area contributed by atoms with Gasteiger partial charge in [0, 0.05) is 25.0 Å². The van der Waals surface area contributed by atoms with Crippen LogP contribution in [0.4, 0.5) is 87.8 Å². The van der Waals surface area contributed by atoms with Crippen LogP contribution in [0.5, 0.6) is 0 Å². The quantitative estimate of drug-likeness (QED) is 0.0457. The van der Waals surface area contributed by atoms with Crippen LogP contribution in [0.25, 0.3) is 0 Å². The summed E-state index contributed by atoms with van der Waals surface area (Å²) in [6, 6.07) is 29.1. The molecule has 0 amide bonds. The van der Waals surface area contributed by atoms with Crippen molar-refractivity contribution in [3.05, 3.63) is 231 Å². The molecule has 0 saturated carbocycles. The Morgan fingerprint density at radius 2 is 0.486 bits per heavy atom. The Labute approximate surface area is 389 Å². The lowest BCUT2D eigenvalue weighted by molar-refractivity contribution is -0.636. The van der Waals surface area contributed by atoms with Gasteiger partial charge < -0.3 is 8.83 Å². The summed E-state index contributed by atoms with van der Waals surface area (Å²) < 4.78 is 308. The lowest BCUT2D eigenvalue weighted by Crippen LogP contribution is -3.61. The topological polar surface area (TPSA) is 26.3 Å². The summed E-state index contributed by atoms with van der Waals surface area (Å²) in [4.78, 5) is 0. The number of rotatable bonds is 10. The number of hydrogen-bond acceptors (Lipinski definition) is 2. The second kappa shape index (κ2) is 19.9. The molecule has 0 saturated heterocycles. The highest BCUT2D eigenvalue weighted by Gasteiger charge is 2.52. The first kappa shape index (κ1) is 51.1. The first-order valence-electron chi connectivity index (χ1n) is 19.2. The molecule has 24 heteroatoms. The molecule has 2 heterocycles. The fourth-order valence-electron chi connectivity index (χ4n) is 7.56. The highest BCUT2D eigenvalue weighted by Crippen LogP contribution is 2.31. The lowest BCUT2D eigenvalue weighted by Gasteiger charge is -2.44. The van der Waals surface area contributed by atoms with Crippen molar-refractivity contribution in [2.24, 2.45) is 0 Å². The molecule has 0 spiro atoms. The van der Waals surface area contributed by atoms with E-state index in [9.17, 15) is 52.7 Å². The average Bonchev–Trinajstić information content (AvgIpc) is 4.00. The molecule has 0 N–H and O–H groups in total. The van der Waals surface area contributed by atoms with Gasteiger partial charge in [0.2, 0.25) is 0 Å². The zero-order valence-electron chi connectivity index (χ0n) is 33.8. The van der Waals surface area contributed by atoms with Crippen LogP contribution in [0.15, 0.2) is 93.8 Å². The van der Waals surface area contributed by atoms with Crippen molar-refractivity contribution in [2.75, 3.05) is 0 Å². The zero-order valence-corrected chi connectivity index (χ0v) is 36.0. The molecule has 2 nitrogen and oxygen atoms in total. The van der Waals surface area contributed by atoms with Crippen molar-refractivity contribution in [3.8, 4) is 0 Å². The molecule has 8 aromatic rings. The third kappa shape index (κ3) is 8.78. The molecule has 0 fully saturated rings. The van der Waals surface area contributed by atoms with Crippen LogP contribution in [0.2, 0.25) is 0 Å². The largest absolute Gasteiger partial charge is 0.442 e. The lowest BCUT2D eigenvalue weighted by atomic mass is 9.12. The van der Waals surface area contributed by atoms with Gasteiger partial charge in [0.15, 0.2) is 69.8 Å². The monoisotopic (exact) mass is 1120 g/mol. The van der Waals surface area contributed by atoms with E-state index in [4.69, 9.17) is 8.83 Å². The number of furan rings is 2. The highest BCUT2D eigenvalue weighted by molar-refractivity contribution is 7.20. The van der Waals surface area contributed by atoms with E-state index in [2.05, 4.69) is 72.8 Å². The first-order valence-corrected chi connectivity index (χ1v) is 21.3. The molecule has 8 rings (SSSR count). The maximum atomic E-state index is 15.4. The van der Waals surface area contributed by atoms with Crippen LogP contribution in [0, 0.1) is 124 Å².